The van der Waals surface area contributed by atoms with Crippen LogP contribution in [0.5, 0.6) is 0 Å². The van der Waals surface area contributed by atoms with Gasteiger partial charge in [0, 0.05) is 12.3 Å². The van der Waals surface area contributed by atoms with E-state index in [2.05, 4.69) is 26.8 Å². The van der Waals surface area contributed by atoms with Crippen LogP contribution < -0.4 is 0 Å². The first-order valence-corrected chi connectivity index (χ1v) is 23.4. The van der Waals surface area contributed by atoms with Crippen LogP contribution in [0.1, 0.15) is 92.4 Å². The standard InChI is InChI=1S/C45H74O18/c1-19(18-57-40-37(54)35(52)32(49)28(16-46)60-40)8-13-45(56)20(2)30-27(63-45)15-26-24-7-6-22-14-23(9-11-43(22,4)25(24)10-12-44(26,30)5)59-42-39(36(53)33(50)29(17-47)61-42)62-41-38(55)34(51)31(48)21(3)58-41/h14,19-21,23-42,46-56H,6-13,15-18H2,1-5H3/t19-,20+,21+,23+,24-,25+,26+,27+,28-,29-,30+,31+,32-,33-,34-,35+,36+,37-,38-,39-,40-,41+,42-,43+,44+,45-/m1/s1. The highest BCUT2D eigenvalue weighted by Gasteiger charge is 2.68. The molecule has 0 aromatic heterocycles. The minimum Gasteiger partial charge on any atom is -0.394 e. The predicted molar refractivity (Wildman–Crippen MR) is 218 cm³/mol. The van der Waals surface area contributed by atoms with Crippen LogP contribution in [0.3, 0.4) is 0 Å². The minimum absolute atomic E-state index is 0.00497. The minimum atomic E-state index is -1.65. The zero-order valence-electron chi connectivity index (χ0n) is 37.1. The predicted octanol–water partition coefficient (Wildman–Crippen LogP) is -0.831. The van der Waals surface area contributed by atoms with Crippen LogP contribution in [0.15, 0.2) is 11.6 Å². The Morgan fingerprint density at radius 1 is 0.730 bits per heavy atom. The smallest absolute Gasteiger partial charge is 0.187 e. The maximum absolute atomic E-state index is 12.0. The van der Waals surface area contributed by atoms with Crippen molar-refractivity contribution < 1.29 is 89.3 Å². The zero-order valence-corrected chi connectivity index (χ0v) is 37.1. The van der Waals surface area contributed by atoms with Gasteiger partial charge in [-0.3, -0.25) is 0 Å². The first kappa shape index (κ1) is 48.5. The van der Waals surface area contributed by atoms with E-state index in [-0.39, 0.29) is 41.3 Å². The molecular weight excluding hydrogens is 828 g/mol. The summed E-state index contributed by atoms with van der Waals surface area (Å²) in [4.78, 5) is 0. The Morgan fingerprint density at radius 3 is 2.08 bits per heavy atom. The van der Waals surface area contributed by atoms with Crippen LogP contribution in [-0.4, -0.2) is 186 Å². The summed E-state index contributed by atoms with van der Waals surface area (Å²) in [6, 6.07) is 0. The Hall–Kier alpha value is -0.980. The van der Waals surface area contributed by atoms with Crippen molar-refractivity contribution in [1.29, 1.82) is 0 Å². The fraction of sp³-hybridized carbons (Fsp3) is 0.956. The second kappa shape index (κ2) is 18.5. The van der Waals surface area contributed by atoms with E-state index in [0.717, 1.165) is 38.5 Å². The van der Waals surface area contributed by atoms with E-state index < -0.39 is 117 Å². The quantitative estimate of drug-likeness (QED) is 0.107. The van der Waals surface area contributed by atoms with Gasteiger partial charge in [-0.25, -0.2) is 0 Å². The summed E-state index contributed by atoms with van der Waals surface area (Å²) in [5.41, 5.74) is 1.24. The molecule has 26 atom stereocenters. The summed E-state index contributed by atoms with van der Waals surface area (Å²) in [5, 5.41) is 115. The van der Waals surface area contributed by atoms with Crippen LogP contribution in [-0.2, 0) is 33.2 Å². The molecule has 0 aromatic carbocycles. The average Bonchev–Trinajstić information content (AvgIpc) is 3.70. The van der Waals surface area contributed by atoms with Crippen molar-refractivity contribution in [2.45, 2.75) is 203 Å². The highest BCUT2D eigenvalue weighted by molar-refractivity contribution is 5.26. The van der Waals surface area contributed by atoms with Gasteiger partial charge < -0.3 is 89.3 Å². The molecule has 4 aliphatic carbocycles. The van der Waals surface area contributed by atoms with Crippen molar-refractivity contribution in [3.05, 3.63) is 11.6 Å². The van der Waals surface area contributed by atoms with Crippen molar-refractivity contribution in [3.63, 3.8) is 0 Å². The Morgan fingerprint density at radius 2 is 1.38 bits per heavy atom. The molecule has 0 amide bonds. The molecule has 0 aromatic rings. The fourth-order valence-electron chi connectivity index (χ4n) is 13.5. The summed E-state index contributed by atoms with van der Waals surface area (Å²) < 4.78 is 42.0. The van der Waals surface area contributed by atoms with Crippen LogP contribution in [0.4, 0.5) is 0 Å². The molecular formula is C45H74O18. The van der Waals surface area contributed by atoms with Gasteiger partial charge in [0.1, 0.15) is 67.1 Å². The van der Waals surface area contributed by atoms with Crippen LogP contribution in [0, 0.1) is 46.3 Å². The van der Waals surface area contributed by atoms with Crippen LogP contribution in [0.25, 0.3) is 0 Å². The molecule has 18 nitrogen and oxygen atoms in total. The van der Waals surface area contributed by atoms with Crippen LogP contribution >= 0.6 is 0 Å². The number of aliphatic hydroxyl groups excluding tert-OH is 10. The average molecular weight is 903 g/mol. The molecule has 4 saturated heterocycles. The molecule has 0 spiro atoms. The topological polar surface area (TPSA) is 287 Å². The van der Waals surface area contributed by atoms with Crippen molar-refractivity contribution in [2.24, 2.45) is 46.3 Å². The molecule has 8 aliphatic rings. The summed E-state index contributed by atoms with van der Waals surface area (Å²) in [5.74, 6) is 0.118. The molecule has 7 fully saturated rings. The molecule has 362 valence electrons. The summed E-state index contributed by atoms with van der Waals surface area (Å²) in [7, 11) is 0. The third-order valence-corrected chi connectivity index (χ3v) is 17.4. The third kappa shape index (κ3) is 8.51. The summed E-state index contributed by atoms with van der Waals surface area (Å²) >= 11 is 0. The molecule has 18 heteroatoms. The van der Waals surface area contributed by atoms with E-state index in [9.17, 15) is 56.2 Å². The first-order chi connectivity index (χ1) is 29.8. The number of ether oxygens (including phenoxy) is 7. The Kier molecular flexibility index (Phi) is 14.2. The van der Waals surface area contributed by atoms with Gasteiger partial charge in [-0.05, 0) is 98.7 Å². The molecule has 8 rings (SSSR count). The van der Waals surface area contributed by atoms with Gasteiger partial charge in [0.25, 0.3) is 0 Å². The lowest BCUT2D eigenvalue weighted by atomic mass is 9.46. The second-order valence-electron chi connectivity index (χ2n) is 21.0. The first-order valence-electron chi connectivity index (χ1n) is 23.4. The molecule has 11 N–H and O–H groups in total. The zero-order chi connectivity index (χ0) is 45.5. The van der Waals surface area contributed by atoms with Gasteiger partial charge in [0.15, 0.2) is 24.7 Å². The fourth-order valence-corrected chi connectivity index (χ4v) is 13.5. The Bertz CT molecular complexity index is 1600. The van der Waals surface area contributed by atoms with Gasteiger partial charge in [-0.2, -0.15) is 0 Å². The van der Waals surface area contributed by atoms with E-state index in [1.165, 1.54) is 12.5 Å². The van der Waals surface area contributed by atoms with Gasteiger partial charge in [-0.1, -0.05) is 39.3 Å². The highest BCUT2D eigenvalue weighted by atomic mass is 16.8. The van der Waals surface area contributed by atoms with E-state index >= 15 is 0 Å². The third-order valence-electron chi connectivity index (χ3n) is 17.4. The molecule has 4 aliphatic heterocycles. The van der Waals surface area contributed by atoms with Crippen LogP contribution in [0.2, 0.25) is 0 Å². The van der Waals surface area contributed by atoms with E-state index in [4.69, 9.17) is 33.2 Å². The van der Waals surface area contributed by atoms with Gasteiger partial charge in [0.2, 0.25) is 0 Å². The number of aliphatic hydroxyl groups is 11. The highest BCUT2D eigenvalue weighted by Crippen LogP contribution is 2.70. The van der Waals surface area contributed by atoms with E-state index in [0.29, 0.717) is 37.0 Å². The molecule has 0 bridgehead atoms. The Balaban J connectivity index is 0.888. The largest absolute Gasteiger partial charge is 0.394 e. The summed E-state index contributed by atoms with van der Waals surface area (Å²) in [6.07, 6.45) is -11.5. The maximum Gasteiger partial charge on any atom is 0.187 e. The number of fused-ring (bicyclic) bond motifs is 7. The lowest BCUT2D eigenvalue weighted by Gasteiger charge is -2.59. The molecule has 63 heavy (non-hydrogen) atoms. The number of rotatable bonds is 12. The lowest BCUT2D eigenvalue weighted by Crippen LogP contribution is -2.64. The molecule has 3 saturated carbocycles. The Labute approximate surface area is 369 Å². The number of hydrogen-bond acceptors (Lipinski definition) is 18. The van der Waals surface area contributed by atoms with Crippen molar-refractivity contribution in [3.8, 4) is 0 Å². The molecule has 4 heterocycles. The molecule has 0 radical (unpaired) electrons. The maximum atomic E-state index is 12.0. The second-order valence-corrected chi connectivity index (χ2v) is 21.0. The van der Waals surface area contributed by atoms with Crippen molar-refractivity contribution in [2.75, 3.05) is 19.8 Å². The number of hydrogen-bond donors (Lipinski definition) is 11. The SMILES string of the molecule is C[C@H](CC[C@@]1(O)O[C@H]2C[C@H]3[C@@H]4CCC5=C[C@@H](O[C@@H]6O[C@H](CO)[C@@H](O)[C@H](O)[C@H]6O[C@@H]6O[C@@H](C)[C@H](O)[C@@H](O)[C@H]6O)CC[C@]5(C)[C@H]4CC[C@]3(C)[C@H]2[C@@H]1C)CO[C@@H]1O[C@H](CO)[C@@H](O)[C@H](O)[C@H]1O. The molecule has 0 unspecified atom stereocenters. The van der Waals surface area contributed by atoms with Gasteiger partial charge in [0.05, 0.1) is 38.1 Å². The summed E-state index contributed by atoms with van der Waals surface area (Å²) in [6.45, 7) is 9.44. The van der Waals surface area contributed by atoms with Crippen molar-refractivity contribution >= 4 is 0 Å². The van der Waals surface area contributed by atoms with Gasteiger partial charge in [-0.15, -0.1) is 0 Å². The van der Waals surface area contributed by atoms with Gasteiger partial charge >= 0.3 is 0 Å². The van der Waals surface area contributed by atoms with Crippen molar-refractivity contribution in [1.82, 2.24) is 0 Å². The number of allylic oxidation sites excluding steroid dienone is 1. The van der Waals surface area contributed by atoms with E-state index in [1.54, 1.807) is 0 Å². The monoisotopic (exact) mass is 902 g/mol. The lowest BCUT2D eigenvalue weighted by molar-refractivity contribution is -0.368. The normalized spacial score (nSPS) is 55.0. The van der Waals surface area contributed by atoms with E-state index in [1.807, 2.05) is 6.92 Å².